The van der Waals surface area contributed by atoms with E-state index in [-0.39, 0.29) is 17.9 Å². The fourth-order valence-corrected chi connectivity index (χ4v) is 6.19. The van der Waals surface area contributed by atoms with Crippen molar-refractivity contribution in [1.29, 1.82) is 0 Å². The lowest BCUT2D eigenvalue weighted by Crippen LogP contribution is -2.49. The molecule has 2 aromatic rings. The molecule has 0 radical (unpaired) electrons. The number of ether oxygens (including phenoxy) is 1. The van der Waals surface area contributed by atoms with Gasteiger partial charge in [-0.2, -0.15) is 4.31 Å². The lowest BCUT2D eigenvalue weighted by atomic mass is 9.97. The van der Waals surface area contributed by atoms with E-state index in [2.05, 4.69) is 22.3 Å². The van der Waals surface area contributed by atoms with Gasteiger partial charge in [0.05, 0.1) is 17.6 Å². The molecule has 1 amide bonds. The van der Waals surface area contributed by atoms with Gasteiger partial charge in [0.25, 0.3) is 0 Å². The van der Waals surface area contributed by atoms with Gasteiger partial charge in [0, 0.05) is 45.2 Å². The molecule has 2 aliphatic rings. The van der Waals surface area contributed by atoms with Crippen LogP contribution in [0.25, 0.3) is 0 Å². The standard InChI is InChI=1S/C26H35N3O4S/c1-20-8-9-25(16-21(20)2)34(31,32)29-12-10-23(11-13-29)26(30)27-17-24-19-28(14-15-33-24)18-22-6-4-3-5-7-22/h3-9,16,23-24H,10-15,17-19H2,1-2H3,(H,27,30). The summed E-state index contributed by atoms with van der Waals surface area (Å²) in [4.78, 5) is 15.5. The smallest absolute Gasteiger partial charge is 0.243 e. The number of piperidine rings is 1. The number of sulfonamides is 1. The summed E-state index contributed by atoms with van der Waals surface area (Å²) >= 11 is 0. The fourth-order valence-electron chi connectivity index (χ4n) is 4.63. The van der Waals surface area contributed by atoms with Crippen molar-refractivity contribution in [3.05, 3.63) is 65.2 Å². The Morgan fingerprint density at radius 3 is 2.47 bits per heavy atom. The number of aryl methyl sites for hydroxylation is 2. The molecule has 1 N–H and O–H groups in total. The van der Waals surface area contributed by atoms with Crippen molar-refractivity contribution in [2.24, 2.45) is 5.92 Å². The Labute approximate surface area is 203 Å². The minimum atomic E-state index is -3.54. The number of morpholine rings is 1. The third-order valence-electron chi connectivity index (χ3n) is 6.92. The van der Waals surface area contributed by atoms with Crippen LogP contribution in [0.1, 0.15) is 29.5 Å². The molecule has 7 nitrogen and oxygen atoms in total. The molecule has 0 saturated carbocycles. The summed E-state index contributed by atoms with van der Waals surface area (Å²) in [7, 11) is -3.54. The third kappa shape index (κ3) is 6.05. The normalized spacial score (nSPS) is 20.8. The van der Waals surface area contributed by atoms with Gasteiger partial charge in [-0.25, -0.2) is 8.42 Å². The minimum absolute atomic E-state index is 0.00740. The molecule has 0 aliphatic carbocycles. The van der Waals surface area contributed by atoms with Crippen LogP contribution in [0.15, 0.2) is 53.4 Å². The highest BCUT2D eigenvalue weighted by Gasteiger charge is 2.32. The average molecular weight is 486 g/mol. The van der Waals surface area contributed by atoms with Crippen LogP contribution >= 0.6 is 0 Å². The van der Waals surface area contributed by atoms with E-state index in [1.807, 2.05) is 38.1 Å². The maximum atomic E-state index is 13.0. The molecule has 1 unspecified atom stereocenters. The van der Waals surface area contributed by atoms with Gasteiger partial charge in [-0.05, 0) is 55.5 Å². The van der Waals surface area contributed by atoms with Crippen molar-refractivity contribution in [3.63, 3.8) is 0 Å². The Morgan fingerprint density at radius 1 is 1.03 bits per heavy atom. The number of nitrogens with one attached hydrogen (secondary N) is 1. The molecule has 34 heavy (non-hydrogen) atoms. The number of carbonyl (C=O) groups is 1. The number of carbonyl (C=O) groups excluding carboxylic acids is 1. The molecule has 2 fully saturated rings. The molecule has 0 bridgehead atoms. The van der Waals surface area contributed by atoms with E-state index < -0.39 is 10.0 Å². The zero-order chi connectivity index (χ0) is 24.1. The number of hydrogen-bond donors (Lipinski definition) is 1. The van der Waals surface area contributed by atoms with Crippen LogP contribution in [0.5, 0.6) is 0 Å². The first-order chi connectivity index (χ1) is 16.3. The van der Waals surface area contributed by atoms with Crippen LogP contribution < -0.4 is 5.32 Å². The van der Waals surface area contributed by atoms with Crippen LogP contribution in [0.4, 0.5) is 0 Å². The van der Waals surface area contributed by atoms with Gasteiger partial charge < -0.3 is 10.1 Å². The van der Waals surface area contributed by atoms with Crippen molar-refractivity contribution < 1.29 is 17.9 Å². The van der Waals surface area contributed by atoms with Gasteiger partial charge in [0.1, 0.15) is 0 Å². The van der Waals surface area contributed by atoms with Crippen molar-refractivity contribution in [2.75, 3.05) is 39.3 Å². The zero-order valence-corrected chi connectivity index (χ0v) is 20.9. The summed E-state index contributed by atoms with van der Waals surface area (Å²) in [6.45, 7) is 8.27. The summed E-state index contributed by atoms with van der Waals surface area (Å²) in [5.74, 6) is -0.178. The molecule has 1 atom stereocenters. The summed E-state index contributed by atoms with van der Waals surface area (Å²) < 4.78 is 33.4. The van der Waals surface area contributed by atoms with Gasteiger partial charge in [0.15, 0.2) is 0 Å². The van der Waals surface area contributed by atoms with Crippen LogP contribution in [0, 0.1) is 19.8 Å². The summed E-state index contributed by atoms with van der Waals surface area (Å²) in [6, 6.07) is 15.6. The van der Waals surface area contributed by atoms with E-state index in [1.54, 1.807) is 12.1 Å². The van der Waals surface area contributed by atoms with Crippen molar-refractivity contribution in [2.45, 2.75) is 44.2 Å². The maximum Gasteiger partial charge on any atom is 0.243 e. The molecule has 8 heteroatoms. The summed E-state index contributed by atoms with van der Waals surface area (Å²) in [5, 5.41) is 3.05. The molecule has 184 valence electrons. The molecule has 0 aromatic heterocycles. The second kappa shape index (κ2) is 11.0. The maximum absolute atomic E-state index is 13.0. The number of benzene rings is 2. The topological polar surface area (TPSA) is 79.0 Å². The zero-order valence-electron chi connectivity index (χ0n) is 20.1. The first kappa shape index (κ1) is 24.9. The summed E-state index contributed by atoms with van der Waals surface area (Å²) in [6.07, 6.45) is 1.02. The monoisotopic (exact) mass is 485 g/mol. The van der Waals surface area contributed by atoms with Crippen molar-refractivity contribution >= 4 is 15.9 Å². The molecule has 4 rings (SSSR count). The fraction of sp³-hybridized carbons (Fsp3) is 0.500. The number of rotatable bonds is 7. The summed E-state index contributed by atoms with van der Waals surface area (Å²) in [5.41, 5.74) is 3.30. The predicted molar refractivity (Wildman–Crippen MR) is 132 cm³/mol. The molecule has 2 heterocycles. The van der Waals surface area contributed by atoms with E-state index >= 15 is 0 Å². The highest BCUT2D eigenvalue weighted by atomic mass is 32.2. The largest absolute Gasteiger partial charge is 0.374 e. The Kier molecular flexibility index (Phi) is 8.03. The Morgan fingerprint density at radius 2 is 1.76 bits per heavy atom. The SMILES string of the molecule is Cc1ccc(S(=O)(=O)N2CCC(C(=O)NCC3CN(Cc4ccccc4)CCO3)CC2)cc1C. The van der Waals surface area contributed by atoms with E-state index in [0.717, 1.165) is 30.8 Å². The third-order valence-corrected chi connectivity index (χ3v) is 8.81. The highest BCUT2D eigenvalue weighted by Crippen LogP contribution is 2.25. The van der Waals surface area contributed by atoms with E-state index in [9.17, 15) is 13.2 Å². The van der Waals surface area contributed by atoms with E-state index in [1.165, 1.54) is 9.87 Å². The van der Waals surface area contributed by atoms with Crippen LogP contribution in [-0.2, 0) is 26.1 Å². The van der Waals surface area contributed by atoms with Gasteiger partial charge in [-0.15, -0.1) is 0 Å². The first-order valence-electron chi connectivity index (χ1n) is 12.1. The van der Waals surface area contributed by atoms with Gasteiger partial charge >= 0.3 is 0 Å². The second-order valence-electron chi connectivity index (χ2n) is 9.38. The van der Waals surface area contributed by atoms with Crippen LogP contribution in [-0.4, -0.2) is 69.0 Å². The van der Waals surface area contributed by atoms with Crippen LogP contribution in [0.3, 0.4) is 0 Å². The van der Waals surface area contributed by atoms with Gasteiger partial charge in [0.2, 0.25) is 15.9 Å². The second-order valence-corrected chi connectivity index (χ2v) is 11.3. The highest BCUT2D eigenvalue weighted by molar-refractivity contribution is 7.89. The van der Waals surface area contributed by atoms with Crippen LogP contribution in [0.2, 0.25) is 0 Å². The predicted octanol–water partition coefficient (Wildman–Crippen LogP) is 2.72. The van der Waals surface area contributed by atoms with Crippen molar-refractivity contribution in [3.8, 4) is 0 Å². The van der Waals surface area contributed by atoms with Crippen molar-refractivity contribution in [1.82, 2.24) is 14.5 Å². The molecule has 2 aliphatic heterocycles. The lowest BCUT2D eigenvalue weighted by molar-refractivity contribution is -0.127. The number of hydrogen-bond acceptors (Lipinski definition) is 5. The van der Waals surface area contributed by atoms with Gasteiger partial charge in [-0.3, -0.25) is 9.69 Å². The number of nitrogens with zero attached hydrogens (tertiary/aromatic N) is 2. The molecule has 2 aromatic carbocycles. The molecular formula is C26H35N3O4S. The molecular weight excluding hydrogens is 450 g/mol. The average Bonchev–Trinajstić information content (AvgIpc) is 2.85. The Hall–Kier alpha value is -2.26. The van der Waals surface area contributed by atoms with Gasteiger partial charge in [-0.1, -0.05) is 36.4 Å². The lowest BCUT2D eigenvalue weighted by Gasteiger charge is -2.34. The molecule has 0 spiro atoms. The van der Waals surface area contributed by atoms with E-state index in [4.69, 9.17) is 4.74 Å². The van der Waals surface area contributed by atoms with E-state index in [0.29, 0.717) is 44.0 Å². The minimum Gasteiger partial charge on any atom is -0.374 e. The molecule has 2 saturated heterocycles. The Balaban J connectivity index is 1.24. The Bertz CT molecular complexity index is 1080. The first-order valence-corrected chi connectivity index (χ1v) is 13.5. The number of amides is 1. The quantitative estimate of drug-likeness (QED) is 0.653.